The monoisotopic (exact) mass is 1120 g/mol. The number of hydrogen-bond donors (Lipinski definition) is 2. The molecular formula is C69H124N2O7P+. The van der Waals surface area contributed by atoms with Gasteiger partial charge in [-0.15, -0.1) is 0 Å². The van der Waals surface area contributed by atoms with Gasteiger partial charge in [-0.3, -0.25) is 18.6 Å². The highest BCUT2D eigenvalue weighted by atomic mass is 31.2. The topological polar surface area (TPSA) is 111 Å². The number of ether oxygens (including phenoxy) is 1. The molecule has 0 rings (SSSR count). The van der Waals surface area contributed by atoms with Crippen LogP contribution in [0.3, 0.4) is 0 Å². The van der Waals surface area contributed by atoms with Crippen LogP contribution in [-0.4, -0.2) is 74.3 Å². The molecule has 0 aromatic carbocycles. The first-order valence-corrected chi connectivity index (χ1v) is 34.1. The van der Waals surface area contributed by atoms with Crippen molar-refractivity contribution in [2.24, 2.45) is 0 Å². The molecule has 9 nitrogen and oxygen atoms in total. The van der Waals surface area contributed by atoms with Gasteiger partial charge in [0.2, 0.25) is 5.91 Å². The number of esters is 1. The third-order valence-corrected chi connectivity index (χ3v) is 15.0. The van der Waals surface area contributed by atoms with Crippen LogP contribution in [0.1, 0.15) is 278 Å². The molecule has 79 heavy (non-hydrogen) atoms. The number of likely N-dealkylation sites (N-methyl/N-ethyl adjacent to an activating group) is 1. The van der Waals surface area contributed by atoms with Gasteiger partial charge < -0.3 is 19.4 Å². The summed E-state index contributed by atoms with van der Waals surface area (Å²) in [6.45, 7) is 6.86. The standard InChI is InChI=1S/C69H123N2O7P/c1-7-10-13-16-19-22-25-28-30-32-33-34-35-36-37-38-39-40-42-44-47-50-53-56-59-62-69(73)78-67(60-57-54-51-48-45-27-24-21-18-15-12-9-3)66(65-77-79(74,75)76-64-63-71(4,5)6)70-68(72)61-58-55-52-49-46-43-41-31-29-26-23-20-17-14-11-8-2/h11,14,19-20,22-23,28-31,33-34,36-37,57,60,66-67H,7-10,12-13,15-18,21,24-27,32,35,38-56,58-59,61-65H2,1-6H3,(H-,70,72,74,75)/p+1/b14-11+,22-19-,23-20+,30-28-,31-29+,34-33-,37-36-,60-57-. The first-order chi connectivity index (χ1) is 38.4. The third kappa shape index (κ3) is 59.4. The number of hydrogen-bond acceptors (Lipinski definition) is 6. The largest absolute Gasteiger partial charge is 0.472 e. The van der Waals surface area contributed by atoms with Crippen molar-refractivity contribution < 1.29 is 37.3 Å². The Bertz CT molecular complexity index is 1670. The van der Waals surface area contributed by atoms with Gasteiger partial charge in [-0.2, -0.15) is 0 Å². The van der Waals surface area contributed by atoms with Crippen LogP contribution < -0.4 is 5.32 Å². The molecule has 0 aromatic heterocycles. The highest BCUT2D eigenvalue weighted by molar-refractivity contribution is 7.47. The highest BCUT2D eigenvalue weighted by Gasteiger charge is 2.30. The molecule has 3 unspecified atom stereocenters. The van der Waals surface area contributed by atoms with Crippen LogP contribution in [0.4, 0.5) is 0 Å². The molecule has 0 bridgehead atoms. The van der Waals surface area contributed by atoms with E-state index in [1.807, 2.05) is 33.3 Å². The van der Waals surface area contributed by atoms with E-state index in [-0.39, 0.29) is 31.5 Å². The Kier molecular flexibility index (Phi) is 55.9. The molecule has 0 spiro atoms. The number of carbonyl (C=O) groups excluding carboxylic acids is 2. The lowest BCUT2D eigenvalue weighted by molar-refractivity contribution is -0.870. The molecule has 10 heteroatoms. The van der Waals surface area contributed by atoms with Crippen LogP contribution in [-0.2, 0) is 27.9 Å². The van der Waals surface area contributed by atoms with Gasteiger partial charge in [0.15, 0.2) is 0 Å². The lowest BCUT2D eigenvalue weighted by Crippen LogP contribution is -2.47. The van der Waals surface area contributed by atoms with E-state index in [1.54, 1.807) is 0 Å². The Morgan fingerprint density at radius 3 is 1.24 bits per heavy atom. The smallest absolute Gasteiger partial charge is 0.456 e. The Hall–Kier alpha value is -3.07. The number of carbonyl (C=O) groups is 2. The fourth-order valence-corrected chi connectivity index (χ4v) is 9.73. The number of phosphoric ester groups is 1. The highest BCUT2D eigenvalue weighted by Crippen LogP contribution is 2.43. The van der Waals surface area contributed by atoms with Gasteiger partial charge in [-0.1, -0.05) is 253 Å². The van der Waals surface area contributed by atoms with Crippen LogP contribution in [0, 0.1) is 0 Å². The van der Waals surface area contributed by atoms with Crippen LogP contribution in [0.2, 0.25) is 0 Å². The van der Waals surface area contributed by atoms with Crippen molar-refractivity contribution in [3.05, 3.63) is 97.2 Å². The normalized spacial score (nSPS) is 14.3. The number of quaternary nitrogens is 1. The number of unbranched alkanes of at least 4 members (excludes halogenated alkanes) is 28. The molecule has 2 N–H and O–H groups in total. The summed E-state index contributed by atoms with van der Waals surface area (Å²) >= 11 is 0. The minimum absolute atomic E-state index is 0.0323. The van der Waals surface area contributed by atoms with Gasteiger partial charge in [-0.05, 0) is 109 Å². The van der Waals surface area contributed by atoms with E-state index in [0.29, 0.717) is 17.4 Å². The van der Waals surface area contributed by atoms with E-state index in [1.165, 1.54) is 116 Å². The molecule has 0 aliphatic heterocycles. The van der Waals surface area contributed by atoms with Crippen molar-refractivity contribution in [2.45, 2.75) is 290 Å². The molecule has 0 radical (unpaired) electrons. The molecule has 0 aliphatic carbocycles. The molecule has 0 aliphatic rings. The molecule has 3 atom stereocenters. The zero-order chi connectivity index (χ0) is 57.9. The first-order valence-electron chi connectivity index (χ1n) is 32.6. The minimum atomic E-state index is -4.46. The van der Waals surface area contributed by atoms with Gasteiger partial charge >= 0.3 is 13.8 Å². The second kappa shape index (κ2) is 58.1. The van der Waals surface area contributed by atoms with Gasteiger partial charge in [-0.25, -0.2) is 4.57 Å². The summed E-state index contributed by atoms with van der Waals surface area (Å²) in [7, 11) is 1.47. The Labute approximate surface area is 488 Å². The first kappa shape index (κ1) is 75.9. The summed E-state index contributed by atoms with van der Waals surface area (Å²) in [5.74, 6) is -0.528. The summed E-state index contributed by atoms with van der Waals surface area (Å²) in [6, 6.07) is -0.863. The van der Waals surface area contributed by atoms with Crippen molar-refractivity contribution in [2.75, 3.05) is 40.9 Å². The molecule has 0 fully saturated rings. The van der Waals surface area contributed by atoms with E-state index in [4.69, 9.17) is 13.8 Å². The summed E-state index contributed by atoms with van der Waals surface area (Å²) in [4.78, 5) is 37.8. The van der Waals surface area contributed by atoms with E-state index >= 15 is 0 Å². The second-order valence-electron chi connectivity index (χ2n) is 22.9. The Morgan fingerprint density at radius 1 is 0.456 bits per heavy atom. The molecule has 0 saturated carbocycles. The summed E-state index contributed by atoms with van der Waals surface area (Å²) in [5.41, 5.74) is 0. The maximum atomic E-state index is 13.5. The van der Waals surface area contributed by atoms with Crippen LogP contribution >= 0.6 is 7.82 Å². The van der Waals surface area contributed by atoms with Crippen molar-refractivity contribution in [3.8, 4) is 0 Å². The number of allylic oxidation sites excluding steroid dienone is 15. The number of phosphoric acid groups is 1. The Morgan fingerprint density at radius 2 is 0.810 bits per heavy atom. The van der Waals surface area contributed by atoms with Crippen molar-refractivity contribution in [1.82, 2.24) is 5.32 Å². The minimum Gasteiger partial charge on any atom is -0.456 e. The predicted octanol–water partition coefficient (Wildman–Crippen LogP) is 20.3. The number of amides is 1. The average Bonchev–Trinajstić information content (AvgIpc) is 3.41. The SMILES string of the molecule is CC/C=C/C/C=C/C/C=C/CCCCCCCCC(=O)NC(COP(=O)(O)OCC[N+](C)(C)C)C(/C=C\CCCCCCCCCCCC)OC(=O)CCCCCCCCCCC/C=C\C/C=C\C/C=C\C/C=C\CCCCC. The summed E-state index contributed by atoms with van der Waals surface area (Å²) < 4.78 is 30.7. The molecule has 0 aromatic rings. The van der Waals surface area contributed by atoms with Crippen LogP contribution in [0.15, 0.2) is 97.2 Å². The van der Waals surface area contributed by atoms with Gasteiger partial charge in [0.25, 0.3) is 0 Å². The Balaban J connectivity index is 5.18. The zero-order valence-corrected chi connectivity index (χ0v) is 53.0. The van der Waals surface area contributed by atoms with Crippen molar-refractivity contribution in [3.63, 3.8) is 0 Å². The number of nitrogens with zero attached hydrogens (tertiary/aromatic N) is 1. The van der Waals surface area contributed by atoms with E-state index in [2.05, 4.69) is 111 Å². The third-order valence-electron chi connectivity index (χ3n) is 14.0. The quantitative estimate of drug-likeness (QED) is 0.0205. The van der Waals surface area contributed by atoms with Crippen LogP contribution in [0.25, 0.3) is 0 Å². The maximum absolute atomic E-state index is 13.5. The summed E-state index contributed by atoms with van der Waals surface area (Å²) in [6.07, 6.45) is 78.3. The fourth-order valence-electron chi connectivity index (χ4n) is 9.00. The van der Waals surface area contributed by atoms with Gasteiger partial charge in [0.1, 0.15) is 19.3 Å². The van der Waals surface area contributed by atoms with Crippen LogP contribution in [0.5, 0.6) is 0 Å². The lowest BCUT2D eigenvalue weighted by Gasteiger charge is -2.27. The lowest BCUT2D eigenvalue weighted by atomic mass is 10.0. The molecular weight excluding hydrogens is 1000 g/mol. The maximum Gasteiger partial charge on any atom is 0.472 e. The predicted molar refractivity (Wildman–Crippen MR) is 341 cm³/mol. The average molecular weight is 1120 g/mol. The van der Waals surface area contributed by atoms with Crippen molar-refractivity contribution >= 4 is 19.7 Å². The van der Waals surface area contributed by atoms with E-state index in [9.17, 15) is 19.0 Å². The number of rotatable bonds is 58. The molecule has 0 heterocycles. The van der Waals surface area contributed by atoms with Gasteiger partial charge in [0, 0.05) is 12.8 Å². The van der Waals surface area contributed by atoms with Crippen molar-refractivity contribution in [1.29, 1.82) is 0 Å². The molecule has 456 valence electrons. The molecule has 1 amide bonds. The zero-order valence-electron chi connectivity index (χ0n) is 52.1. The van der Waals surface area contributed by atoms with E-state index in [0.717, 1.165) is 128 Å². The fraction of sp³-hybridized carbons (Fsp3) is 0.739. The second-order valence-corrected chi connectivity index (χ2v) is 24.4. The summed E-state index contributed by atoms with van der Waals surface area (Å²) in [5, 5.41) is 3.05. The van der Waals surface area contributed by atoms with Gasteiger partial charge in [0.05, 0.1) is 33.8 Å². The van der Waals surface area contributed by atoms with E-state index < -0.39 is 20.0 Å². The molecule has 0 saturated heterocycles. The number of nitrogens with one attached hydrogen (secondary N) is 1.